The van der Waals surface area contributed by atoms with Gasteiger partial charge in [0.1, 0.15) is 10.0 Å². The SMILES string of the molecule is O=S(=O)(NCCCOC1CCCCC1)c1cccnc1Cl. The third kappa shape index (κ3) is 5.21. The Morgan fingerprint density at radius 3 is 2.81 bits per heavy atom. The van der Waals surface area contributed by atoms with Crippen LogP contribution in [0.2, 0.25) is 5.15 Å². The smallest absolute Gasteiger partial charge is 0.243 e. The van der Waals surface area contributed by atoms with Gasteiger partial charge in [0.2, 0.25) is 10.0 Å². The third-order valence-corrected chi connectivity index (χ3v) is 5.44. The zero-order chi connectivity index (χ0) is 15.1. The first-order valence-electron chi connectivity index (χ1n) is 7.31. The molecule has 1 aromatic heterocycles. The maximum Gasteiger partial charge on any atom is 0.243 e. The highest BCUT2D eigenvalue weighted by Gasteiger charge is 2.18. The van der Waals surface area contributed by atoms with Gasteiger partial charge in [0, 0.05) is 19.3 Å². The van der Waals surface area contributed by atoms with Gasteiger partial charge in [0.05, 0.1) is 6.10 Å². The van der Waals surface area contributed by atoms with Crippen molar-refractivity contribution in [3.63, 3.8) is 0 Å². The number of sulfonamides is 1. The molecular weight excluding hydrogens is 312 g/mol. The molecule has 0 amide bonds. The lowest BCUT2D eigenvalue weighted by Crippen LogP contribution is -2.26. The summed E-state index contributed by atoms with van der Waals surface area (Å²) in [5.41, 5.74) is 0. The van der Waals surface area contributed by atoms with Crippen LogP contribution in [0.5, 0.6) is 0 Å². The van der Waals surface area contributed by atoms with E-state index in [2.05, 4.69) is 9.71 Å². The molecule has 1 aliphatic carbocycles. The summed E-state index contributed by atoms with van der Waals surface area (Å²) < 4.78 is 32.4. The van der Waals surface area contributed by atoms with Gasteiger partial charge in [-0.25, -0.2) is 18.1 Å². The summed E-state index contributed by atoms with van der Waals surface area (Å²) in [5.74, 6) is 0. The van der Waals surface area contributed by atoms with Gasteiger partial charge >= 0.3 is 0 Å². The minimum absolute atomic E-state index is 0.0107. The number of ether oxygens (including phenoxy) is 1. The highest BCUT2D eigenvalue weighted by molar-refractivity contribution is 7.89. The van der Waals surface area contributed by atoms with Crippen molar-refractivity contribution in [2.75, 3.05) is 13.2 Å². The average molecular weight is 333 g/mol. The van der Waals surface area contributed by atoms with Crippen LogP contribution >= 0.6 is 11.6 Å². The molecule has 0 spiro atoms. The molecule has 0 saturated heterocycles. The average Bonchev–Trinajstić information content (AvgIpc) is 2.48. The summed E-state index contributed by atoms with van der Waals surface area (Å²) in [6.07, 6.45) is 8.46. The van der Waals surface area contributed by atoms with E-state index in [9.17, 15) is 8.42 Å². The first-order chi connectivity index (χ1) is 10.1. The number of aromatic nitrogens is 1. The predicted molar refractivity (Wildman–Crippen MR) is 81.9 cm³/mol. The number of nitrogens with zero attached hydrogens (tertiary/aromatic N) is 1. The molecule has 5 nitrogen and oxygen atoms in total. The molecule has 0 aliphatic heterocycles. The normalized spacial score (nSPS) is 17.0. The van der Waals surface area contributed by atoms with Gasteiger partial charge in [-0.05, 0) is 31.4 Å². The van der Waals surface area contributed by atoms with Crippen LogP contribution in [0.3, 0.4) is 0 Å². The second-order valence-electron chi connectivity index (χ2n) is 5.17. The fraction of sp³-hybridized carbons (Fsp3) is 0.643. The number of halogens is 1. The van der Waals surface area contributed by atoms with E-state index in [1.165, 1.54) is 31.5 Å². The Morgan fingerprint density at radius 2 is 2.10 bits per heavy atom. The summed E-state index contributed by atoms with van der Waals surface area (Å²) in [6, 6.07) is 2.99. The van der Waals surface area contributed by atoms with Gasteiger partial charge in [-0.1, -0.05) is 30.9 Å². The minimum Gasteiger partial charge on any atom is -0.378 e. The molecular formula is C14H21ClN2O3S. The van der Waals surface area contributed by atoms with Crippen LogP contribution in [0.15, 0.2) is 23.2 Å². The quantitative estimate of drug-likeness (QED) is 0.615. The van der Waals surface area contributed by atoms with E-state index < -0.39 is 10.0 Å². The molecule has 0 bridgehead atoms. The van der Waals surface area contributed by atoms with Crippen LogP contribution in [0.4, 0.5) is 0 Å². The second kappa shape index (κ2) is 8.08. The lowest BCUT2D eigenvalue weighted by Gasteiger charge is -2.21. The Balaban J connectivity index is 1.71. The first-order valence-corrected chi connectivity index (χ1v) is 9.17. The summed E-state index contributed by atoms with van der Waals surface area (Å²) in [7, 11) is -3.60. The van der Waals surface area contributed by atoms with Crippen LogP contribution in [-0.4, -0.2) is 32.7 Å². The summed E-state index contributed by atoms with van der Waals surface area (Å²) in [4.78, 5) is 3.79. The van der Waals surface area contributed by atoms with Crippen LogP contribution in [0.1, 0.15) is 38.5 Å². The highest BCUT2D eigenvalue weighted by atomic mass is 35.5. The second-order valence-corrected chi connectivity index (χ2v) is 7.27. The standard InChI is InChI=1S/C14H21ClN2O3S/c15-14-13(8-4-9-16-14)21(18,19)17-10-5-11-20-12-6-2-1-3-7-12/h4,8-9,12,17H,1-3,5-7,10-11H2. The molecule has 1 aromatic rings. The lowest BCUT2D eigenvalue weighted by molar-refractivity contribution is 0.0278. The molecule has 1 heterocycles. The van der Waals surface area contributed by atoms with Crippen LogP contribution in [0.25, 0.3) is 0 Å². The highest BCUT2D eigenvalue weighted by Crippen LogP contribution is 2.20. The Kier molecular flexibility index (Phi) is 6.41. The molecule has 0 radical (unpaired) electrons. The van der Waals surface area contributed by atoms with Gasteiger partial charge in [-0.15, -0.1) is 0 Å². The van der Waals surface area contributed by atoms with Crippen molar-refractivity contribution in [3.05, 3.63) is 23.5 Å². The van der Waals surface area contributed by atoms with Crippen LogP contribution < -0.4 is 4.72 Å². The number of pyridine rings is 1. The maximum atomic E-state index is 12.0. The Labute approximate surface area is 131 Å². The largest absolute Gasteiger partial charge is 0.378 e. The summed E-state index contributed by atoms with van der Waals surface area (Å²) in [5, 5.41) is -0.0107. The Bertz CT molecular complexity index is 545. The van der Waals surface area contributed by atoms with Crippen molar-refractivity contribution in [1.82, 2.24) is 9.71 Å². The first kappa shape index (κ1) is 16.7. The number of hydrogen-bond donors (Lipinski definition) is 1. The fourth-order valence-electron chi connectivity index (χ4n) is 2.41. The van der Waals surface area contributed by atoms with Crippen molar-refractivity contribution in [1.29, 1.82) is 0 Å². The van der Waals surface area contributed by atoms with Crippen molar-refractivity contribution >= 4 is 21.6 Å². The van der Waals surface area contributed by atoms with Crippen molar-refractivity contribution in [3.8, 4) is 0 Å². The van der Waals surface area contributed by atoms with Gasteiger partial charge in [-0.2, -0.15) is 0 Å². The molecule has 21 heavy (non-hydrogen) atoms. The topological polar surface area (TPSA) is 68.3 Å². The van der Waals surface area contributed by atoms with Gasteiger partial charge < -0.3 is 4.74 Å². The van der Waals surface area contributed by atoms with E-state index >= 15 is 0 Å². The number of nitrogens with one attached hydrogen (secondary N) is 1. The zero-order valence-electron chi connectivity index (χ0n) is 11.9. The van der Waals surface area contributed by atoms with Gasteiger partial charge in [0.15, 0.2) is 0 Å². The zero-order valence-corrected chi connectivity index (χ0v) is 13.5. The molecule has 1 fully saturated rings. The third-order valence-electron chi connectivity index (χ3n) is 3.53. The fourth-order valence-corrected chi connectivity index (χ4v) is 3.93. The van der Waals surface area contributed by atoms with E-state index in [0.717, 1.165) is 12.8 Å². The molecule has 1 N–H and O–H groups in total. The van der Waals surface area contributed by atoms with Crippen LogP contribution in [0, 0.1) is 0 Å². The van der Waals surface area contributed by atoms with E-state index in [-0.39, 0.29) is 10.0 Å². The van der Waals surface area contributed by atoms with Crippen molar-refractivity contribution < 1.29 is 13.2 Å². The summed E-state index contributed by atoms with van der Waals surface area (Å²) in [6.45, 7) is 0.911. The molecule has 0 unspecified atom stereocenters. The number of rotatable bonds is 7. The van der Waals surface area contributed by atoms with Gasteiger partial charge in [-0.3, -0.25) is 0 Å². The Morgan fingerprint density at radius 1 is 1.33 bits per heavy atom. The van der Waals surface area contributed by atoms with E-state index in [1.54, 1.807) is 6.07 Å². The maximum absolute atomic E-state index is 12.0. The predicted octanol–water partition coefficient (Wildman–Crippen LogP) is 2.75. The lowest BCUT2D eigenvalue weighted by atomic mass is 9.98. The molecule has 1 saturated carbocycles. The van der Waals surface area contributed by atoms with E-state index in [0.29, 0.717) is 25.7 Å². The monoisotopic (exact) mass is 332 g/mol. The van der Waals surface area contributed by atoms with E-state index in [4.69, 9.17) is 16.3 Å². The van der Waals surface area contributed by atoms with Crippen molar-refractivity contribution in [2.24, 2.45) is 0 Å². The molecule has 0 atom stereocenters. The minimum atomic E-state index is -3.60. The molecule has 7 heteroatoms. The van der Waals surface area contributed by atoms with Gasteiger partial charge in [0.25, 0.3) is 0 Å². The Hall–Kier alpha value is -0.690. The molecule has 0 aromatic carbocycles. The molecule has 2 rings (SSSR count). The van der Waals surface area contributed by atoms with Crippen LogP contribution in [-0.2, 0) is 14.8 Å². The number of hydrogen-bond acceptors (Lipinski definition) is 4. The van der Waals surface area contributed by atoms with Crippen molar-refractivity contribution in [2.45, 2.75) is 49.5 Å². The molecule has 118 valence electrons. The summed E-state index contributed by atoms with van der Waals surface area (Å²) >= 11 is 5.80. The molecule has 1 aliphatic rings. The van der Waals surface area contributed by atoms with E-state index in [1.807, 2.05) is 0 Å².